The van der Waals surface area contributed by atoms with Gasteiger partial charge in [-0.15, -0.1) is 6.58 Å². The Bertz CT molecular complexity index is 84.6. The van der Waals surface area contributed by atoms with Gasteiger partial charge in [-0.25, -0.2) is 0 Å². The highest BCUT2D eigenvalue weighted by atomic mass is 16.3. The van der Waals surface area contributed by atoms with Crippen LogP contribution in [0.2, 0.25) is 0 Å². The van der Waals surface area contributed by atoms with Gasteiger partial charge in [-0.2, -0.15) is 0 Å². The summed E-state index contributed by atoms with van der Waals surface area (Å²) >= 11 is 0. The van der Waals surface area contributed by atoms with E-state index in [9.17, 15) is 0 Å². The van der Waals surface area contributed by atoms with Crippen molar-refractivity contribution in [1.82, 2.24) is 0 Å². The lowest BCUT2D eigenvalue weighted by Gasteiger charge is -2.20. The van der Waals surface area contributed by atoms with E-state index in [-0.39, 0.29) is 12.0 Å². The number of allylic oxidation sites excluding steroid dienone is 1. The fourth-order valence-corrected chi connectivity index (χ4v) is 0.795. The van der Waals surface area contributed by atoms with E-state index < -0.39 is 0 Å². The molecule has 54 valence electrons. The molecule has 0 aliphatic heterocycles. The van der Waals surface area contributed by atoms with Gasteiger partial charge in [-0.1, -0.05) is 19.9 Å². The standard InChI is InChI=1S/C8H16O/c1-4-5-8(2,3)6-7-9/h4,9H,1,5-7H2,2-3H3. The van der Waals surface area contributed by atoms with E-state index in [1.807, 2.05) is 6.08 Å². The molecule has 0 spiro atoms. The van der Waals surface area contributed by atoms with E-state index in [4.69, 9.17) is 5.11 Å². The Morgan fingerprint density at radius 3 is 2.44 bits per heavy atom. The highest BCUT2D eigenvalue weighted by Crippen LogP contribution is 2.24. The molecule has 0 aliphatic rings. The molecule has 1 nitrogen and oxygen atoms in total. The Hall–Kier alpha value is -0.300. The molecular weight excluding hydrogens is 112 g/mol. The van der Waals surface area contributed by atoms with Crippen molar-refractivity contribution in [2.75, 3.05) is 6.61 Å². The molecule has 0 heterocycles. The van der Waals surface area contributed by atoms with Gasteiger partial charge >= 0.3 is 0 Å². The Labute approximate surface area is 57.4 Å². The second-order valence-electron chi connectivity index (χ2n) is 3.13. The van der Waals surface area contributed by atoms with Crippen LogP contribution < -0.4 is 0 Å². The molecule has 0 amide bonds. The van der Waals surface area contributed by atoms with Crippen LogP contribution in [0, 0.1) is 5.41 Å². The lowest BCUT2D eigenvalue weighted by atomic mass is 9.86. The van der Waals surface area contributed by atoms with Crippen molar-refractivity contribution in [2.24, 2.45) is 5.41 Å². The third-order valence-electron chi connectivity index (χ3n) is 1.49. The second kappa shape index (κ2) is 3.67. The van der Waals surface area contributed by atoms with Crippen molar-refractivity contribution >= 4 is 0 Å². The monoisotopic (exact) mass is 128 g/mol. The number of rotatable bonds is 4. The van der Waals surface area contributed by atoms with Crippen LogP contribution in [0.25, 0.3) is 0 Å². The maximum Gasteiger partial charge on any atom is 0.0436 e. The summed E-state index contributed by atoms with van der Waals surface area (Å²) in [6.07, 6.45) is 3.74. The van der Waals surface area contributed by atoms with Crippen molar-refractivity contribution in [2.45, 2.75) is 26.7 Å². The van der Waals surface area contributed by atoms with E-state index in [0.717, 1.165) is 12.8 Å². The summed E-state index contributed by atoms with van der Waals surface area (Å²) in [4.78, 5) is 0. The molecular formula is C8H16O. The normalized spacial score (nSPS) is 11.4. The van der Waals surface area contributed by atoms with Gasteiger partial charge in [0.2, 0.25) is 0 Å². The molecule has 0 aromatic rings. The van der Waals surface area contributed by atoms with Crippen LogP contribution in [0.3, 0.4) is 0 Å². The Morgan fingerprint density at radius 1 is 1.56 bits per heavy atom. The summed E-state index contributed by atoms with van der Waals surface area (Å²) in [6, 6.07) is 0. The third-order valence-corrected chi connectivity index (χ3v) is 1.49. The summed E-state index contributed by atoms with van der Waals surface area (Å²) in [5, 5.41) is 8.59. The van der Waals surface area contributed by atoms with Crippen LogP contribution >= 0.6 is 0 Å². The van der Waals surface area contributed by atoms with Crippen LogP contribution in [0.15, 0.2) is 12.7 Å². The van der Waals surface area contributed by atoms with Crippen LogP contribution in [-0.4, -0.2) is 11.7 Å². The molecule has 0 aromatic heterocycles. The first-order valence-electron chi connectivity index (χ1n) is 3.34. The Morgan fingerprint density at radius 2 is 2.11 bits per heavy atom. The number of hydrogen-bond donors (Lipinski definition) is 1. The molecule has 0 unspecified atom stereocenters. The number of hydrogen-bond acceptors (Lipinski definition) is 1. The summed E-state index contributed by atoms with van der Waals surface area (Å²) in [5.74, 6) is 0. The zero-order chi connectivity index (χ0) is 7.33. The molecule has 0 bridgehead atoms. The first-order chi connectivity index (χ1) is 4.12. The van der Waals surface area contributed by atoms with Gasteiger partial charge in [-0.3, -0.25) is 0 Å². The van der Waals surface area contributed by atoms with Gasteiger partial charge in [0.05, 0.1) is 0 Å². The Balaban J connectivity index is 3.55. The van der Waals surface area contributed by atoms with Crippen molar-refractivity contribution < 1.29 is 5.11 Å². The minimum Gasteiger partial charge on any atom is -0.396 e. The molecule has 1 N–H and O–H groups in total. The molecule has 0 aromatic carbocycles. The zero-order valence-corrected chi connectivity index (χ0v) is 6.35. The van der Waals surface area contributed by atoms with Crippen molar-refractivity contribution in [3.05, 3.63) is 12.7 Å². The minimum absolute atomic E-state index is 0.233. The zero-order valence-electron chi connectivity index (χ0n) is 6.35. The molecule has 0 rings (SSSR count). The quantitative estimate of drug-likeness (QED) is 0.574. The van der Waals surface area contributed by atoms with Gasteiger partial charge < -0.3 is 5.11 Å². The highest BCUT2D eigenvalue weighted by molar-refractivity contribution is 4.78. The summed E-state index contributed by atoms with van der Waals surface area (Å²) < 4.78 is 0. The largest absolute Gasteiger partial charge is 0.396 e. The van der Waals surface area contributed by atoms with Crippen molar-refractivity contribution in [3.8, 4) is 0 Å². The first kappa shape index (κ1) is 8.70. The fourth-order valence-electron chi connectivity index (χ4n) is 0.795. The molecule has 9 heavy (non-hydrogen) atoms. The predicted molar refractivity (Wildman–Crippen MR) is 40.3 cm³/mol. The lowest BCUT2D eigenvalue weighted by molar-refractivity contribution is 0.213. The van der Waals surface area contributed by atoms with E-state index in [1.54, 1.807) is 0 Å². The molecule has 0 saturated heterocycles. The molecule has 0 fully saturated rings. The summed E-state index contributed by atoms with van der Waals surface area (Å²) in [5.41, 5.74) is 0.233. The van der Waals surface area contributed by atoms with Crippen molar-refractivity contribution in [1.29, 1.82) is 0 Å². The smallest absolute Gasteiger partial charge is 0.0436 e. The van der Waals surface area contributed by atoms with Gasteiger partial charge in [-0.05, 0) is 18.3 Å². The summed E-state index contributed by atoms with van der Waals surface area (Å²) in [6.45, 7) is 8.18. The maximum atomic E-state index is 8.59. The van der Waals surface area contributed by atoms with Gasteiger partial charge in [0.25, 0.3) is 0 Å². The van der Waals surface area contributed by atoms with E-state index in [1.165, 1.54) is 0 Å². The van der Waals surface area contributed by atoms with Crippen molar-refractivity contribution in [3.63, 3.8) is 0 Å². The molecule has 1 heteroatoms. The average Bonchev–Trinajstić information content (AvgIpc) is 1.64. The third kappa shape index (κ3) is 4.22. The van der Waals surface area contributed by atoms with Crippen LogP contribution in [0.5, 0.6) is 0 Å². The highest BCUT2D eigenvalue weighted by Gasteiger charge is 2.13. The maximum absolute atomic E-state index is 8.59. The molecule has 0 aliphatic carbocycles. The molecule has 0 radical (unpaired) electrons. The number of aliphatic hydroxyl groups excluding tert-OH is 1. The topological polar surface area (TPSA) is 20.2 Å². The molecule has 0 atom stereocenters. The minimum atomic E-state index is 0.233. The van der Waals surface area contributed by atoms with Gasteiger partial charge in [0.15, 0.2) is 0 Å². The fraction of sp³-hybridized carbons (Fsp3) is 0.750. The first-order valence-corrected chi connectivity index (χ1v) is 3.34. The lowest BCUT2D eigenvalue weighted by Crippen LogP contribution is -2.11. The van der Waals surface area contributed by atoms with Crippen LogP contribution in [0.1, 0.15) is 26.7 Å². The second-order valence-corrected chi connectivity index (χ2v) is 3.13. The van der Waals surface area contributed by atoms with Gasteiger partial charge in [0, 0.05) is 6.61 Å². The van der Waals surface area contributed by atoms with Crippen LogP contribution in [0.4, 0.5) is 0 Å². The van der Waals surface area contributed by atoms with E-state index >= 15 is 0 Å². The Kier molecular flexibility index (Phi) is 3.55. The SMILES string of the molecule is C=CCC(C)(C)CCO. The molecule has 0 saturated carbocycles. The average molecular weight is 128 g/mol. The van der Waals surface area contributed by atoms with Crippen LogP contribution in [-0.2, 0) is 0 Å². The number of aliphatic hydroxyl groups is 1. The van der Waals surface area contributed by atoms with E-state index in [2.05, 4.69) is 20.4 Å². The predicted octanol–water partition coefficient (Wildman–Crippen LogP) is 1.97. The van der Waals surface area contributed by atoms with E-state index in [0.29, 0.717) is 0 Å². The summed E-state index contributed by atoms with van der Waals surface area (Å²) in [7, 11) is 0. The van der Waals surface area contributed by atoms with Gasteiger partial charge in [0.1, 0.15) is 0 Å².